The number of rotatable bonds is 8. The van der Waals surface area contributed by atoms with Gasteiger partial charge in [-0.15, -0.1) is 0 Å². The molecule has 2 N–H and O–H groups in total. The van der Waals surface area contributed by atoms with Crippen LogP contribution in [-0.4, -0.2) is 45.4 Å². The van der Waals surface area contributed by atoms with E-state index < -0.39 is 29.9 Å². The fourth-order valence-corrected chi connectivity index (χ4v) is 3.63. The van der Waals surface area contributed by atoms with Crippen LogP contribution in [-0.2, 0) is 21.7 Å². The van der Waals surface area contributed by atoms with Crippen LogP contribution in [0.5, 0.6) is 5.75 Å². The van der Waals surface area contributed by atoms with E-state index >= 15 is 0 Å². The Morgan fingerprint density at radius 2 is 1.91 bits per heavy atom. The Labute approximate surface area is 191 Å². The summed E-state index contributed by atoms with van der Waals surface area (Å²) in [5.74, 6) is -0.485. The number of hydrogen-bond donors (Lipinski definition) is 2. The van der Waals surface area contributed by atoms with E-state index in [1.807, 2.05) is 29.8 Å². The van der Waals surface area contributed by atoms with E-state index in [9.17, 15) is 14.4 Å². The summed E-state index contributed by atoms with van der Waals surface area (Å²) in [7, 11) is 0. The molecular weight excluding hydrogens is 422 g/mol. The molecule has 1 unspecified atom stereocenters. The number of nitrogens with zero attached hydrogens (tertiary/aromatic N) is 3. The number of benzene rings is 2. The number of amides is 4. The number of anilines is 1. The van der Waals surface area contributed by atoms with Gasteiger partial charge in [0.15, 0.2) is 0 Å². The number of nitrogens with one attached hydrogen (secondary N) is 2. The lowest BCUT2D eigenvalue weighted by molar-refractivity contribution is -0.133. The Morgan fingerprint density at radius 3 is 2.64 bits per heavy atom. The van der Waals surface area contributed by atoms with Crippen molar-refractivity contribution in [3.05, 3.63) is 78.4 Å². The normalized spacial score (nSPS) is 17.7. The maximum Gasteiger partial charge on any atom is 0.325 e. The average molecular weight is 447 g/mol. The summed E-state index contributed by atoms with van der Waals surface area (Å²) in [5, 5.41) is 5.45. The smallest absolute Gasteiger partial charge is 0.325 e. The molecule has 0 aliphatic carbocycles. The standard InChI is InChI=1S/C24H25N5O4/c1-17-7-9-18(10-8-17)24(2)22(31)29(23(32)27-24)15-21(30)26-19-5-3-4-6-20(19)33-14-13-28-12-11-25-16-28/h3-12,16H,13-15H2,1-2H3,(H,26,30)(H,27,32). The molecule has 1 atom stereocenters. The second-order valence-electron chi connectivity index (χ2n) is 8.01. The van der Waals surface area contributed by atoms with Crippen molar-refractivity contribution in [1.29, 1.82) is 0 Å². The highest BCUT2D eigenvalue weighted by molar-refractivity contribution is 6.10. The lowest BCUT2D eigenvalue weighted by Gasteiger charge is -2.22. The summed E-state index contributed by atoms with van der Waals surface area (Å²) in [6.07, 6.45) is 5.22. The second kappa shape index (κ2) is 9.15. The Morgan fingerprint density at radius 1 is 1.15 bits per heavy atom. The van der Waals surface area contributed by atoms with Crippen molar-refractivity contribution >= 4 is 23.5 Å². The van der Waals surface area contributed by atoms with Gasteiger partial charge in [-0.25, -0.2) is 9.78 Å². The van der Waals surface area contributed by atoms with E-state index in [0.717, 1.165) is 10.5 Å². The summed E-state index contributed by atoms with van der Waals surface area (Å²) in [6, 6.07) is 13.7. The summed E-state index contributed by atoms with van der Waals surface area (Å²) < 4.78 is 7.68. The van der Waals surface area contributed by atoms with E-state index in [0.29, 0.717) is 30.2 Å². The first-order valence-corrected chi connectivity index (χ1v) is 10.6. The van der Waals surface area contributed by atoms with Gasteiger partial charge in [0.1, 0.15) is 24.4 Å². The highest BCUT2D eigenvalue weighted by Crippen LogP contribution is 2.29. The van der Waals surface area contributed by atoms with Gasteiger partial charge in [0.25, 0.3) is 5.91 Å². The lowest BCUT2D eigenvalue weighted by Crippen LogP contribution is -2.42. The molecule has 3 aromatic rings. The quantitative estimate of drug-likeness (QED) is 0.517. The summed E-state index contributed by atoms with van der Waals surface area (Å²) in [5.41, 5.74) is 0.938. The molecule has 1 aromatic heterocycles. The van der Waals surface area contributed by atoms with Gasteiger partial charge >= 0.3 is 6.03 Å². The molecule has 0 bridgehead atoms. The highest BCUT2D eigenvalue weighted by atomic mass is 16.5. The van der Waals surface area contributed by atoms with Crippen molar-refractivity contribution in [1.82, 2.24) is 19.8 Å². The fraction of sp³-hybridized carbons (Fsp3) is 0.250. The number of imidazole rings is 1. The van der Waals surface area contributed by atoms with Crippen LogP contribution >= 0.6 is 0 Å². The van der Waals surface area contributed by atoms with Crippen LogP contribution in [0, 0.1) is 6.92 Å². The first kappa shape index (κ1) is 22.1. The van der Waals surface area contributed by atoms with Gasteiger partial charge in [-0.1, -0.05) is 42.0 Å². The van der Waals surface area contributed by atoms with Crippen LogP contribution in [0.1, 0.15) is 18.1 Å². The number of aromatic nitrogens is 2. The van der Waals surface area contributed by atoms with E-state index in [4.69, 9.17) is 4.74 Å². The van der Waals surface area contributed by atoms with Gasteiger partial charge in [-0.3, -0.25) is 14.5 Å². The maximum atomic E-state index is 13.1. The zero-order valence-electron chi connectivity index (χ0n) is 18.4. The number of carbonyl (C=O) groups is 3. The molecule has 0 saturated carbocycles. The third-order valence-electron chi connectivity index (χ3n) is 5.53. The van der Waals surface area contributed by atoms with Crippen molar-refractivity contribution in [3.63, 3.8) is 0 Å². The molecule has 4 rings (SSSR count). The van der Waals surface area contributed by atoms with Crippen molar-refractivity contribution < 1.29 is 19.1 Å². The van der Waals surface area contributed by atoms with Gasteiger partial charge in [-0.05, 0) is 31.5 Å². The van der Waals surface area contributed by atoms with Crippen molar-refractivity contribution in [2.24, 2.45) is 0 Å². The third kappa shape index (κ3) is 4.72. The maximum absolute atomic E-state index is 13.1. The van der Waals surface area contributed by atoms with Crippen LogP contribution in [0.25, 0.3) is 0 Å². The number of hydrogen-bond acceptors (Lipinski definition) is 5. The van der Waals surface area contributed by atoms with Gasteiger partial charge in [0.2, 0.25) is 5.91 Å². The molecule has 1 aliphatic heterocycles. The molecule has 0 radical (unpaired) electrons. The Balaban J connectivity index is 1.40. The summed E-state index contributed by atoms with van der Waals surface area (Å²) in [4.78, 5) is 43.2. The van der Waals surface area contributed by atoms with Crippen LogP contribution in [0.3, 0.4) is 0 Å². The Hall–Kier alpha value is -4.14. The van der Waals surface area contributed by atoms with Gasteiger partial charge in [0.05, 0.1) is 18.6 Å². The van der Waals surface area contributed by atoms with Crippen LogP contribution in [0.4, 0.5) is 10.5 Å². The lowest BCUT2D eigenvalue weighted by atomic mass is 9.91. The van der Waals surface area contributed by atoms with Crippen LogP contribution < -0.4 is 15.4 Å². The molecule has 2 heterocycles. The second-order valence-corrected chi connectivity index (χ2v) is 8.01. The van der Waals surface area contributed by atoms with E-state index in [2.05, 4.69) is 15.6 Å². The molecule has 0 spiro atoms. The van der Waals surface area contributed by atoms with Crippen molar-refractivity contribution in [2.45, 2.75) is 25.9 Å². The van der Waals surface area contributed by atoms with E-state index in [-0.39, 0.29) is 0 Å². The largest absolute Gasteiger partial charge is 0.490 e. The first-order valence-electron chi connectivity index (χ1n) is 10.6. The molecule has 1 saturated heterocycles. The van der Waals surface area contributed by atoms with E-state index in [1.165, 1.54) is 0 Å². The zero-order valence-corrected chi connectivity index (χ0v) is 18.4. The fourth-order valence-electron chi connectivity index (χ4n) is 3.63. The monoisotopic (exact) mass is 447 g/mol. The number of urea groups is 1. The first-order chi connectivity index (χ1) is 15.9. The predicted octanol–water partition coefficient (Wildman–Crippen LogP) is 2.68. The molecule has 1 fully saturated rings. The van der Waals surface area contributed by atoms with Crippen LogP contribution in [0.2, 0.25) is 0 Å². The molecule has 9 heteroatoms. The number of imide groups is 1. The van der Waals surface area contributed by atoms with E-state index in [1.54, 1.807) is 55.8 Å². The Bertz CT molecular complexity index is 1160. The molecule has 33 heavy (non-hydrogen) atoms. The zero-order chi connectivity index (χ0) is 23.4. The van der Waals surface area contributed by atoms with Crippen molar-refractivity contribution in [3.8, 4) is 5.75 Å². The molecule has 1 aliphatic rings. The third-order valence-corrected chi connectivity index (χ3v) is 5.53. The molecular formula is C24H25N5O4. The predicted molar refractivity (Wildman–Crippen MR) is 122 cm³/mol. The Kier molecular flexibility index (Phi) is 6.12. The SMILES string of the molecule is Cc1ccc(C2(C)NC(=O)N(CC(=O)Nc3ccccc3OCCn3ccnc3)C2=O)cc1. The van der Waals surface area contributed by atoms with Gasteiger partial charge in [0, 0.05) is 12.4 Å². The molecule has 4 amide bonds. The number of carbonyl (C=O) groups excluding carboxylic acids is 3. The molecule has 170 valence electrons. The molecule has 2 aromatic carbocycles. The topological polar surface area (TPSA) is 106 Å². The van der Waals surface area contributed by atoms with Crippen molar-refractivity contribution in [2.75, 3.05) is 18.5 Å². The number of aryl methyl sites for hydroxylation is 1. The summed E-state index contributed by atoms with van der Waals surface area (Å²) >= 11 is 0. The van der Waals surface area contributed by atoms with Crippen LogP contribution in [0.15, 0.2) is 67.3 Å². The average Bonchev–Trinajstić information content (AvgIpc) is 3.38. The minimum atomic E-state index is -1.22. The number of para-hydroxylation sites is 2. The minimum Gasteiger partial charge on any atom is -0.490 e. The molecule has 9 nitrogen and oxygen atoms in total. The van der Waals surface area contributed by atoms with Gasteiger partial charge < -0.3 is 19.9 Å². The number of ether oxygens (including phenoxy) is 1. The van der Waals surface area contributed by atoms with Gasteiger partial charge in [-0.2, -0.15) is 0 Å². The summed E-state index contributed by atoms with van der Waals surface area (Å²) in [6.45, 7) is 4.15. The minimum absolute atomic E-state index is 0.380. The highest BCUT2D eigenvalue weighted by Gasteiger charge is 2.49.